The lowest BCUT2D eigenvalue weighted by Crippen LogP contribution is -2.54. The van der Waals surface area contributed by atoms with Crippen molar-refractivity contribution in [2.75, 3.05) is 39.4 Å². The van der Waals surface area contributed by atoms with Crippen molar-refractivity contribution in [2.24, 2.45) is 5.73 Å². The number of likely N-dealkylation sites (N-methyl/N-ethyl adjacent to an activating group) is 2. The first-order valence-electron chi connectivity index (χ1n) is 22.5. The molecule has 20 heteroatoms. The summed E-state index contributed by atoms with van der Waals surface area (Å²) in [5.41, 5.74) is 10.5. The van der Waals surface area contributed by atoms with E-state index in [-0.39, 0.29) is 53.1 Å². The highest BCUT2D eigenvalue weighted by Gasteiger charge is 2.40. The molecule has 4 aromatic heterocycles. The highest BCUT2D eigenvalue weighted by Crippen LogP contribution is 2.39. The van der Waals surface area contributed by atoms with Crippen molar-refractivity contribution < 1.29 is 26.4 Å². The standard InChI is InChI=1S/C25H29N5O3S.C18H24N6O.C6H5ClO2S/c1-5-21-25(31)29(4)22-16-27-23(28-24(22)30(21)17(2)3)20-11-13-26-15-18(20)12-14-34(32,33)19-9-7-6-8-10-19;1-5-14-18(25)23(4)15-10-21-16(22-17(15)24(14)11(2)3)13-6-7-20-9-12(13)8-19;7-10(8,9)6-4-2-1-3-5-6/h6-11,13,15-17,21H,5,12,14H2,1-4H3;6-7,9-11,14H,5,8,19H2,1-4H3;1-5H/t21-;14-;/m11./s1. The van der Waals surface area contributed by atoms with Crippen molar-refractivity contribution in [3.8, 4) is 22.8 Å². The van der Waals surface area contributed by atoms with Gasteiger partial charge in [0.2, 0.25) is 11.8 Å². The zero-order chi connectivity index (χ0) is 50.2. The number of sulfone groups is 1. The number of benzene rings is 2. The van der Waals surface area contributed by atoms with E-state index in [2.05, 4.69) is 38.7 Å². The number of carbonyl (C=O) groups excluding carboxylic acids is 2. The third kappa shape index (κ3) is 11.6. The molecule has 0 aliphatic carbocycles. The Morgan fingerprint density at radius 1 is 0.623 bits per heavy atom. The summed E-state index contributed by atoms with van der Waals surface area (Å²) in [5, 5.41) is 0. The number of nitrogens with two attached hydrogens (primary N) is 1. The third-order valence-electron chi connectivity index (χ3n) is 11.8. The smallest absolute Gasteiger partial charge is 0.261 e. The van der Waals surface area contributed by atoms with Crippen LogP contribution in [0.25, 0.3) is 22.8 Å². The third-order valence-corrected chi connectivity index (χ3v) is 14.9. The van der Waals surface area contributed by atoms with Crippen LogP contribution in [0.1, 0.15) is 65.5 Å². The minimum atomic E-state index is -3.53. The van der Waals surface area contributed by atoms with E-state index in [1.807, 2.05) is 38.7 Å². The lowest BCUT2D eigenvalue weighted by atomic mass is 10.0. The Labute approximate surface area is 409 Å². The molecule has 0 unspecified atom stereocenters. The number of aromatic nitrogens is 6. The molecule has 2 atom stereocenters. The number of amides is 2. The molecule has 364 valence electrons. The molecule has 0 bridgehead atoms. The van der Waals surface area contributed by atoms with Gasteiger partial charge in [0.25, 0.3) is 9.05 Å². The van der Waals surface area contributed by atoms with E-state index < -0.39 is 18.9 Å². The number of halogens is 1. The number of hydrogen-bond donors (Lipinski definition) is 1. The normalized spacial score (nSPS) is 15.8. The molecule has 8 rings (SSSR count). The minimum Gasteiger partial charge on any atom is -0.340 e. The fourth-order valence-corrected chi connectivity index (χ4v) is 10.3. The van der Waals surface area contributed by atoms with E-state index in [0.717, 1.165) is 40.2 Å². The van der Waals surface area contributed by atoms with Crippen molar-refractivity contribution in [3.05, 3.63) is 121 Å². The SMILES string of the molecule is CC[C@@H]1C(=O)N(C)c2cnc(-c3ccncc3CCS(=O)(=O)c3ccccc3)nc2N1C(C)C.CC[C@@H]1C(=O)N(C)c2cnc(-c3ccncc3CN)nc2N1C(C)C.O=S(=O)(Cl)c1ccccc1. The summed E-state index contributed by atoms with van der Waals surface area (Å²) in [7, 11) is 1.59. The molecule has 2 aliphatic rings. The quantitative estimate of drug-likeness (QED) is 0.121. The molecule has 6 heterocycles. The van der Waals surface area contributed by atoms with E-state index >= 15 is 0 Å². The minimum absolute atomic E-state index is 0.0239. The number of carbonyl (C=O) groups is 2. The van der Waals surface area contributed by atoms with E-state index in [1.165, 1.54) is 12.1 Å². The Balaban J connectivity index is 0.000000195. The van der Waals surface area contributed by atoms with Crippen molar-refractivity contribution in [1.82, 2.24) is 29.9 Å². The average molecular weight is 997 g/mol. The zero-order valence-corrected chi connectivity index (χ0v) is 42.3. The first-order chi connectivity index (χ1) is 32.8. The molecule has 69 heavy (non-hydrogen) atoms. The largest absolute Gasteiger partial charge is 0.340 e. The van der Waals surface area contributed by atoms with E-state index in [4.69, 9.17) is 26.4 Å². The maximum absolute atomic E-state index is 12.9. The van der Waals surface area contributed by atoms with Crippen LogP contribution in [-0.2, 0) is 41.4 Å². The molecule has 0 fully saturated rings. The van der Waals surface area contributed by atoms with Gasteiger partial charge in [-0.15, -0.1) is 0 Å². The van der Waals surface area contributed by atoms with Gasteiger partial charge in [0, 0.05) is 79.3 Å². The molecule has 0 radical (unpaired) electrons. The highest BCUT2D eigenvalue weighted by atomic mass is 35.7. The second-order valence-corrected chi connectivity index (χ2v) is 21.5. The Hall–Kier alpha value is -6.41. The number of hydrogen-bond acceptors (Lipinski definition) is 15. The second-order valence-electron chi connectivity index (χ2n) is 16.9. The van der Waals surface area contributed by atoms with Gasteiger partial charge in [-0.3, -0.25) is 19.6 Å². The summed E-state index contributed by atoms with van der Waals surface area (Å²) in [6.07, 6.45) is 11.8. The van der Waals surface area contributed by atoms with Crippen LogP contribution in [0.15, 0.2) is 120 Å². The summed E-state index contributed by atoms with van der Waals surface area (Å²) in [6, 6.07) is 19.7. The molecular formula is C49H58ClN11O6S2. The van der Waals surface area contributed by atoms with Gasteiger partial charge in [0.05, 0.1) is 27.9 Å². The number of aryl methyl sites for hydroxylation is 1. The Bertz CT molecular complexity index is 2990. The Morgan fingerprint density at radius 2 is 1.04 bits per heavy atom. The van der Waals surface area contributed by atoms with Gasteiger partial charge in [-0.1, -0.05) is 50.2 Å². The number of anilines is 4. The lowest BCUT2D eigenvalue weighted by molar-refractivity contribution is -0.120. The van der Waals surface area contributed by atoms with E-state index in [0.29, 0.717) is 41.0 Å². The van der Waals surface area contributed by atoms with E-state index in [9.17, 15) is 26.4 Å². The lowest BCUT2D eigenvalue weighted by Gasteiger charge is -2.42. The van der Waals surface area contributed by atoms with Gasteiger partial charge < -0.3 is 25.3 Å². The summed E-state index contributed by atoms with van der Waals surface area (Å²) in [5.74, 6) is 2.62. The highest BCUT2D eigenvalue weighted by molar-refractivity contribution is 8.13. The van der Waals surface area contributed by atoms with Gasteiger partial charge in [-0.25, -0.2) is 36.8 Å². The number of rotatable bonds is 12. The molecule has 0 saturated heterocycles. The van der Waals surface area contributed by atoms with Crippen molar-refractivity contribution in [2.45, 2.75) is 101 Å². The topological polar surface area (TPSA) is 219 Å². The monoisotopic (exact) mass is 995 g/mol. The molecule has 17 nitrogen and oxygen atoms in total. The number of fused-ring (bicyclic) bond motifs is 2. The molecule has 0 saturated carbocycles. The van der Waals surface area contributed by atoms with Crippen LogP contribution in [0.5, 0.6) is 0 Å². The van der Waals surface area contributed by atoms with Crippen LogP contribution in [0.2, 0.25) is 0 Å². The van der Waals surface area contributed by atoms with Gasteiger partial charge >= 0.3 is 0 Å². The predicted octanol–water partition coefficient (Wildman–Crippen LogP) is 7.11. The summed E-state index contributed by atoms with van der Waals surface area (Å²) in [6.45, 7) is 12.6. The van der Waals surface area contributed by atoms with Crippen LogP contribution in [0.4, 0.5) is 23.0 Å². The molecule has 6 aromatic rings. The fourth-order valence-electron chi connectivity index (χ4n) is 8.24. The summed E-state index contributed by atoms with van der Waals surface area (Å²) in [4.78, 5) is 60.5. The maximum atomic E-state index is 12.9. The maximum Gasteiger partial charge on any atom is 0.261 e. The molecule has 2 amide bonds. The van der Waals surface area contributed by atoms with Crippen molar-refractivity contribution >= 4 is 64.4 Å². The van der Waals surface area contributed by atoms with Crippen LogP contribution in [0.3, 0.4) is 0 Å². The number of pyridine rings is 2. The van der Waals surface area contributed by atoms with Crippen LogP contribution in [0, 0.1) is 0 Å². The molecule has 2 aliphatic heterocycles. The zero-order valence-electron chi connectivity index (χ0n) is 39.9. The average Bonchev–Trinajstić information content (AvgIpc) is 3.35. The van der Waals surface area contributed by atoms with Gasteiger partial charge in [-0.05, 0) is 94.5 Å². The molecule has 0 spiro atoms. The first kappa shape index (κ1) is 52.0. The first-order valence-corrected chi connectivity index (χ1v) is 26.5. The van der Waals surface area contributed by atoms with Gasteiger partial charge in [-0.2, -0.15) is 0 Å². The molecule has 2 N–H and O–H groups in total. The Morgan fingerprint density at radius 3 is 1.43 bits per heavy atom. The summed E-state index contributed by atoms with van der Waals surface area (Å²) >= 11 is 0. The number of nitrogens with zero attached hydrogens (tertiary/aromatic N) is 10. The molecule has 2 aromatic carbocycles. The molecular weight excluding hydrogens is 938 g/mol. The van der Waals surface area contributed by atoms with Crippen molar-refractivity contribution in [3.63, 3.8) is 0 Å². The van der Waals surface area contributed by atoms with E-state index in [1.54, 1.807) is 116 Å². The van der Waals surface area contributed by atoms with Crippen LogP contribution < -0.4 is 25.3 Å². The van der Waals surface area contributed by atoms with Crippen LogP contribution >= 0.6 is 10.7 Å². The summed E-state index contributed by atoms with van der Waals surface area (Å²) < 4.78 is 46.8. The van der Waals surface area contributed by atoms with Gasteiger partial charge in [0.1, 0.15) is 23.5 Å². The Kier molecular flexibility index (Phi) is 16.8. The second kappa shape index (κ2) is 22.3. The van der Waals surface area contributed by atoms with Crippen molar-refractivity contribution in [1.29, 1.82) is 0 Å². The van der Waals surface area contributed by atoms with Gasteiger partial charge in [0.15, 0.2) is 33.1 Å². The predicted molar refractivity (Wildman–Crippen MR) is 270 cm³/mol. The van der Waals surface area contributed by atoms with Crippen LogP contribution in [-0.4, -0.2) is 103 Å². The fraction of sp³-hybridized carbons (Fsp3) is 0.347.